The number of benzene rings is 1. The molecule has 0 saturated heterocycles. The van der Waals surface area contributed by atoms with Crippen LogP contribution in [-0.4, -0.2) is 32.8 Å². The molecule has 24 heavy (non-hydrogen) atoms. The Bertz CT molecular complexity index is 645. The first kappa shape index (κ1) is 17.7. The van der Waals surface area contributed by atoms with Gasteiger partial charge in [0.15, 0.2) is 8.32 Å². The minimum Gasteiger partial charge on any atom is -0.497 e. The average Bonchev–Trinajstić information content (AvgIpc) is 2.76. The third kappa shape index (κ3) is 2.95. The lowest BCUT2D eigenvalue weighted by molar-refractivity contribution is -0.0201. The Balaban J connectivity index is 1.71. The lowest BCUT2D eigenvalue weighted by Crippen LogP contribution is -2.57. The monoisotopic (exact) mass is 345 g/mol. The molecule has 3 atom stereocenters. The minimum atomic E-state index is -1.71. The van der Waals surface area contributed by atoms with Gasteiger partial charge in [0.2, 0.25) is 0 Å². The van der Waals surface area contributed by atoms with Crippen molar-refractivity contribution in [3.05, 3.63) is 29.8 Å². The number of fused-ring (bicyclic) bond motifs is 1. The molecule has 1 aliphatic heterocycles. The zero-order valence-electron chi connectivity index (χ0n) is 16.1. The van der Waals surface area contributed by atoms with E-state index in [-0.39, 0.29) is 10.6 Å². The maximum absolute atomic E-state index is 6.68. The molecule has 1 aromatic carbocycles. The molecule has 0 N–H and O–H groups in total. The normalized spacial score (nSPS) is 29.7. The number of rotatable bonds is 4. The van der Waals surface area contributed by atoms with Crippen molar-refractivity contribution < 1.29 is 9.16 Å². The summed E-state index contributed by atoms with van der Waals surface area (Å²) in [5, 5.41) is 0.261. The van der Waals surface area contributed by atoms with Crippen molar-refractivity contribution in [2.75, 3.05) is 7.11 Å². The Labute approximate surface area is 147 Å². The second-order valence-corrected chi connectivity index (χ2v) is 13.8. The largest absolute Gasteiger partial charge is 0.497 e. The molecule has 2 aliphatic rings. The van der Waals surface area contributed by atoms with Crippen molar-refractivity contribution in [1.82, 2.24) is 0 Å². The van der Waals surface area contributed by atoms with Crippen molar-refractivity contribution in [2.45, 2.75) is 70.3 Å². The van der Waals surface area contributed by atoms with Crippen LogP contribution in [0.25, 0.3) is 0 Å². The number of ether oxygens (including phenoxy) is 1. The van der Waals surface area contributed by atoms with Crippen molar-refractivity contribution in [1.29, 1.82) is 0 Å². The topological polar surface area (TPSA) is 30.8 Å². The van der Waals surface area contributed by atoms with Gasteiger partial charge in [0.05, 0.1) is 18.8 Å². The Morgan fingerprint density at radius 3 is 2.33 bits per heavy atom. The van der Waals surface area contributed by atoms with Crippen molar-refractivity contribution in [3.8, 4) is 5.75 Å². The van der Waals surface area contributed by atoms with E-state index in [1.54, 1.807) is 7.11 Å². The maximum atomic E-state index is 6.68. The van der Waals surface area contributed by atoms with Crippen LogP contribution in [0.3, 0.4) is 0 Å². The molecule has 1 aromatic rings. The summed E-state index contributed by atoms with van der Waals surface area (Å²) in [4.78, 5) is 5.07. The molecule has 0 aromatic heterocycles. The van der Waals surface area contributed by atoms with Gasteiger partial charge in [0.1, 0.15) is 5.75 Å². The van der Waals surface area contributed by atoms with E-state index in [0.29, 0.717) is 12.0 Å². The van der Waals surface area contributed by atoms with E-state index in [9.17, 15) is 0 Å². The van der Waals surface area contributed by atoms with Crippen LogP contribution in [0.4, 0.5) is 0 Å². The van der Waals surface area contributed by atoms with Crippen LogP contribution in [0.2, 0.25) is 18.1 Å². The Morgan fingerprint density at radius 2 is 1.79 bits per heavy atom. The van der Waals surface area contributed by atoms with Gasteiger partial charge in [-0.1, -0.05) is 20.8 Å². The summed E-state index contributed by atoms with van der Waals surface area (Å²) in [5.41, 5.74) is 2.52. The van der Waals surface area contributed by atoms with Crippen molar-refractivity contribution >= 4 is 14.0 Å². The summed E-state index contributed by atoms with van der Waals surface area (Å²) in [6, 6.07) is 8.28. The van der Waals surface area contributed by atoms with Crippen LogP contribution in [0, 0.1) is 5.92 Å². The number of nitrogens with zero attached hydrogens (tertiary/aromatic N) is 1. The van der Waals surface area contributed by atoms with Gasteiger partial charge in [-0.2, -0.15) is 0 Å². The lowest BCUT2D eigenvalue weighted by Gasteiger charge is -2.51. The fourth-order valence-corrected chi connectivity index (χ4v) is 4.99. The van der Waals surface area contributed by atoms with Gasteiger partial charge in [0, 0.05) is 11.6 Å². The zero-order chi connectivity index (χ0) is 17.8. The molecule has 3 nitrogen and oxygen atoms in total. The standard InChI is InChI=1S/C20H31NO2Si/c1-19(2,3)24(6,7)23-18-13-20(4)16(18)12-17(21-20)14-8-10-15(22-5)11-9-14/h8-11,16,18H,12-13H2,1-7H3/t16-,18-,20+/m1/s1. The smallest absolute Gasteiger partial charge is 0.192 e. The summed E-state index contributed by atoms with van der Waals surface area (Å²) in [6.07, 6.45) is 2.46. The molecular weight excluding hydrogens is 314 g/mol. The number of methoxy groups -OCH3 is 1. The first-order valence-electron chi connectivity index (χ1n) is 8.97. The molecule has 132 valence electrons. The first-order valence-corrected chi connectivity index (χ1v) is 11.9. The summed E-state index contributed by atoms with van der Waals surface area (Å²) in [6.45, 7) is 13.9. The van der Waals surface area contributed by atoms with E-state index in [1.165, 1.54) is 11.3 Å². The molecule has 1 aliphatic carbocycles. The fourth-order valence-electron chi connectivity index (χ4n) is 3.63. The van der Waals surface area contributed by atoms with Crippen LogP contribution < -0.4 is 4.74 Å². The van der Waals surface area contributed by atoms with Crippen molar-refractivity contribution in [2.24, 2.45) is 10.9 Å². The maximum Gasteiger partial charge on any atom is 0.192 e. The summed E-state index contributed by atoms with van der Waals surface area (Å²) in [7, 11) is -0.0111. The zero-order valence-corrected chi connectivity index (χ0v) is 17.1. The molecule has 0 unspecified atom stereocenters. The van der Waals surface area contributed by atoms with Gasteiger partial charge >= 0.3 is 0 Å². The third-order valence-corrected chi connectivity index (χ3v) is 10.8. The van der Waals surface area contributed by atoms with E-state index < -0.39 is 8.32 Å². The summed E-state index contributed by atoms with van der Waals surface area (Å²) in [5.74, 6) is 1.43. The van der Waals surface area contributed by atoms with E-state index in [2.05, 4.69) is 52.9 Å². The fraction of sp³-hybridized carbons (Fsp3) is 0.650. The second-order valence-electron chi connectivity index (χ2n) is 9.08. The SMILES string of the molecule is COc1ccc(C2=N[C@@]3(C)C[C@@H](O[Si](C)(C)C(C)(C)C)[C@H]3C2)cc1. The molecule has 1 saturated carbocycles. The molecular formula is C20H31NO2Si. The minimum absolute atomic E-state index is 0.0717. The number of aliphatic imine (C=N–C) groups is 1. The van der Waals surface area contributed by atoms with E-state index in [4.69, 9.17) is 14.2 Å². The lowest BCUT2D eigenvalue weighted by atomic mass is 9.66. The quantitative estimate of drug-likeness (QED) is 0.714. The summed E-state index contributed by atoms with van der Waals surface area (Å²) < 4.78 is 11.9. The molecule has 4 heteroatoms. The number of hydrogen-bond donors (Lipinski definition) is 0. The molecule has 0 bridgehead atoms. The van der Waals surface area contributed by atoms with Crippen LogP contribution >= 0.6 is 0 Å². The van der Waals surface area contributed by atoms with Gasteiger partial charge in [-0.25, -0.2) is 0 Å². The second kappa shape index (κ2) is 5.70. The molecule has 3 rings (SSSR count). The highest BCUT2D eigenvalue weighted by Gasteiger charge is 2.57. The summed E-state index contributed by atoms with van der Waals surface area (Å²) >= 11 is 0. The van der Waals surface area contributed by atoms with E-state index in [0.717, 1.165) is 18.6 Å². The number of hydrogen-bond acceptors (Lipinski definition) is 3. The van der Waals surface area contributed by atoms with Crippen LogP contribution in [-0.2, 0) is 4.43 Å². The first-order chi connectivity index (χ1) is 11.1. The Hall–Kier alpha value is -1.13. The predicted octanol–water partition coefficient (Wildman–Crippen LogP) is 5.06. The molecule has 1 fully saturated rings. The van der Waals surface area contributed by atoms with Gasteiger partial charge < -0.3 is 9.16 Å². The highest BCUT2D eigenvalue weighted by atomic mass is 28.4. The van der Waals surface area contributed by atoms with E-state index in [1.807, 2.05) is 12.1 Å². The van der Waals surface area contributed by atoms with Crippen LogP contribution in [0.15, 0.2) is 29.3 Å². The van der Waals surface area contributed by atoms with Crippen molar-refractivity contribution in [3.63, 3.8) is 0 Å². The molecule has 0 amide bonds. The Morgan fingerprint density at radius 1 is 1.17 bits per heavy atom. The van der Waals surface area contributed by atoms with E-state index >= 15 is 0 Å². The van der Waals surface area contributed by atoms with Gasteiger partial charge in [-0.05, 0) is 67.7 Å². The Kier molecular flexibility index (Phi) is 4.20. The van der Waals surface area contributed by atoms with Gasteiger partial charge in [-0.15, -0.1) is 0 Å². The average molecular weight is 346 g/mol. The molecule has 0 spiro atoms. The highest BCUT2D eigenvalue weighted by Crippen LogP contribution is 2.53. The third-order valence-electron chi connectivity index (χ3n) is 6.34. The predicted molar refractivity (Wildman–Crippen MR) is 103 cm³/mol. The van der Waals surface area contributed by atoms with Gasteiger partial charge in [0.25, 0.3) is 0 Å². The van der Waals surface area contributed by atoms with Crippen LogP contribution in [0.5, 0.6) is 5.75 Å². The van der Waals surface area contributed by atoms with Crippen LogP contribution in [0.1, 0.15) is 46.1 Å². The highest BCUT2D eigenvalue weighted by molar-refractivity contribution is 6.74. The molecule has 0 radical (unpaired) electrons. The molecule has 1 heterocycles. The van der Waals surface area contributed by atoms with Gasteiger partial charge in [-0.3, -0.25) is 4.99 Å².